The van der Waals surface area contributed by atoms with Gasteiger partial charge in [-0.2, -0.15) is 0 Å². The van der Waals surface area contributed by atoms with Crippen LogP contribution in [-0.4, -0.2) is 17.9 Å². The molecule has 0 saturated carbocycles. The van der Waals surface area contributed by atoms with Gasteiger partial charge in [-0.15, -0.1) is 0 Å². The van der Waals surface area contributed by atoms with Crippen LogP contribution in [-0.2, 0) is 6.54 Å². The zero-order valence-corrected chi connectivity index (χ0v) is 12.4. The van der Waals surface area contributed by atoms with Crippen molar-refractivity contribution in [2.24, 2.45) is 0 Å². The number of nitrogens with zero attached hydrogens (tertiary/aromatic N) is 1. The summed E-state index contributed by atoms with van der Waals surface area (Å²) in [6, 6.07) is 7.13. The van der Waals surface area contributed by atoms with E-state index in [-0.39, 0.29) is 5.91 Å². The summed E-state index contributed by atoms with van der Waals surface area (Å²) >= 11 is 3.34. The number of aryl methyl sites for hydroxylation is 1. The van der Waals surface area contributed by atoms with Gasteiger partial charge in [0.15, 0.2) is 0 Å². The number of anilines is 1. The molecular weight excluding hydrogens is 308 g/mol. The highest BCUT2D eigenvalue weighted by Gasteiger charge is 2.16. The van der Waals surface area contributed by atoms with Gasteiger partial charge in [-0.05, 0) is 31.2 Å². The number of benzene rings is 1. The van der Waals surface area contributed by atoms with Gasteiger partial charge >= 0.3 is 0 Å². The normalized spacial score (nSPS) is 10.5. The average molecular weight is 323 g/mol. The Kier molecular flexibility index (Phi) is 3.95. The Morgan fingerprint density at radius 1 is 1.42 bits per heavy atom. The second kappa shape index (κ2) is 5.48. The number of nitrogens with two attached hydrogens (primary N) is 1. The summed E-state index contributed by atoms with van der Waals surface area (Å²) in [5, 5.41) is 0. The van der Waals surface area contributed by atoms with Crippen LogP contribution >= 0.6 is 15.9 Å². The lowest BCUT2D eigenvalue weighted by molar-refractivity contribution is 0.0785. The lowest BCUT2D eigenvalue weighted by Crippen LogP contribution is -2.27. The van der Waals surface area contributed by atoms with E-state index >= 15 is 0 Å². The van der Waals surface area contributed by atoms with E-state index in [1.165, 1.54) is 0 Å². The smallest absolute Gasteiger partial charge is 0.256 e. The second-order valence-corrected chi connectivity index (χ2v) is 5.31. The van der Waals surface area contributed by atoms with Gasteiger partial charge in [0.05, 0.1) is 11.8 Å². The van der Waals surface area contributed by atoms with Crippen LogP contribution in [0.25, 0.3) is 0 Å². The van der Waals surface area contributed by atoms with Crippen molar-refractivity contribution in [2.75, 3.05) is 12.8 Å². The predicted molar refractivity (Wildman–Crippen MR) is 77.8 cm³/mol. The maximum absolute atomic E-state index is 12.3. The number of halogens is 1. The number of carbonyl (C=O) groups is 1. The van der Waals surface area contributed by atoms with Gasteiger partial charge in [0.2, 0.25) is 0 Å². The zero-order chi connectivity index (χ0) is 14.0. The van der Waals surface area contributed by atoms with Gasteiger partial charge in [-0.1, -0.05) is 15.9 Å². The van der Waals surface area contributed by atoms with Crippen LogP contribution in [0.5, 0.6) is 0 Å². The van der Waals surface area contributed by atoms with Gasteiger partial charge in [0.25, 0.3) is 5.91 Å². The fourth-order valence-electron chi connectivity index (χ4n) is 1.82. The number of nitrogen functional groups attached to an aromatic ring is 1. The molecule has 2 rings (SSSR count). The van der Waals surface area contributed by atoms with E-state index < -0.39 is 0 Å². The van der Waals surface area contributed by atoms with Crippen molar-refractivity contribution in [3.8, 4) is 0 Å². The molecule has 0 saturated heterocycles. The molecule has 100 valence electrons. The van der Waals surface area contributed by atoms with Crippen molar-refractivity contribution in [3.63, 3.8) is 0 Å². The first-order valence-corrected chi connectivity index (χ1v) is 6.62. The molecule has 2 N–H and O–H groups in total. The predicted octanol–water partition coefficient (Wildman–Crippen LogP) is 3.20. The van der Waals surface area contributed by atoms with E-state index in [4.69, 9.17) is 10.2 Å². The van der Waals surface area contributed by atoms with Gasteiger partial charge in [-0.25, -0.2) is 0 Å². The van der Waals surface area contributed by atoms with E-state index in [1.807, 2.05) is 19.1 Å². The van der Waals surface area contributed by atoms with Gasteiger partial charge < -0.3 is 15.1 Å². The van der Waals surface area contributed by atoms with Crippen molar-refractivity contribution in [1.29, 1.82) is 0 Å². The Balaban J connectivity index is 2.19. The van der Waals surface area contributed by atoms with Crippen LogP contribution in [0.3, 0.4) is 0 Å². The highest BCUT2D eigenvalue weighted by Crippen LogP contribution is 2.21. The largest absolute Gasteiger partial charge is 0.469 e. The zero-order valence-electron chi connectivity index (χ0n) is 10.8. The van der Waals surface area contributed by atoms with Crippen molar-refractivity contribution in [3.05, 3.63) is 51.9 Å². The van der Waals surface area contributed by atoms with Crippen LogP contribution in [0, 0.1) is 6.92 Å². The Bertz CT molecular complexity index is 607. The second-order valence-electron chi connectivity index (χ2n) is 4.39. The molecular formula is C14H15BrN2O2. The molecule has 2 aromatic rings. The molecule has 1 aromatic carbocycles. The van der Waals surface area contributed by atoms with Gasteiger partial charge in [0, 0.05) is 29.3 Å². The molecule has 0 spiro atoms. The van der Waals surface area contributed by atoms with Crippen molar-refractivity contribution in [1.82, 2.24) is 4.90 Å². The first-order chi connectivity index (χ1) is 8.99. The van der Waals surface area contributed by atoms with E-state index in [9.17, 15) is 4.79 Å². The molecule has 19 heavy (non-hydrogen) atoms. The first-order valence-electron chi connectivity index (χ1n) is 5.82. The maximum Gasteiger partial charge on any atom is 0.256 e. The highest BCUT2D eigenvalue weighted by molar-refractivity contribution is 9.10. The lowest BCUT2D eigenvalue weighted by atomic mass is 10.1. The van der Waals surface area contributed by atoms with E-state index in [2.05, 4.69) is 15.9 Å². The average Bonchev–Trinajstić information content (AvgIpc) is 2.77. The maximum atomic E-state index is 12.3. The molecule has 0 atom stereocenters. The quantitative estimate of drug-likeness (QED) is 0.883. The molecule has 0 bridgehead atoms. The third kappa shape index (κ3) is 2.98. The van der Waals surface area contributed by atoms with Gasteiger partial charge in [0.1, 0.15) is 5.76 Å². The molecule has 1 heterocycles. The van der Waals surface area contributed by atoms with E-state index in [1.54, 1.807) is 30.3 Å². The van der Waals surface area contributed by atoms with Crippen molar-refractivity contribution >= 4 is 27.5 Å². The summed E-state index contributed by atoms with van der Waals surface area (Å²) in [6.45, 7) is 2.37. The third-order valence-corrected chi connectivity index (χ3v) is 3.46. The Labute approximate surface area is 120 Å². The minimum Gasteiger partial charge on any atom is -0.469 e. The van der Waals surface area contributed by atoms with Crippen LogP contribution in [0.2, 0.25) is 0 Å². The summed E-state index contributed by atoms with van der Waals surface area (Å²) in [4.78, 5) is 14.0. The summed E-state index contributed by atoms with van der Waals surface area (Å²) < 4.78 is 6.05. The van der Waals surface area contributed by atoms with Crippen LogP contribution in [0.15, 0.2) is 39.4 Å². The molecule has 0 aliphatic rings. The molecule has 4 nitrogen and oxygen atoms in total. The molecule has 0 radical (unpaired) electrons. The molecule has 0 aliphatic heterocycles. The molecule has 0 unspecified atom stereocenters. The summed E-state index contributed by atoms with van der Waals surface area (Å²) in [6.07, 6.45) is 1.62. The van der Waals surface area contributed by atoms with E-state index in [0.717, 1.165) is 15.8 Å². The van der Waals surface area contributed by atoms with Crippen LogP contribution in [0.1, 0.15) is 21.7 Å². The molecule has 1 amide bonds. The molecule has 1 aromatic heterocycles. The number of carbonyl (C=O) groups excluding carboxylic acids is 1. The monoisotopic (exact) mass is 322 g/mol. The number of hydrogen-bond acceptors (Lipinski definition) is 3. The third-order valence-electron chi connectivity index (χ3n) is 2.97. The number of amides is 1. The van der Waals surface area contributed by atoms with Crippen LogP contribution < -0.4 is 5.73 Å². The SMILES string of the molecule is Cc1occc1CN(C)C(=O)c1cc(Br)ccc1N. The fraction of sp³-hybridized carbons (Fsp3) is 0.214. The highest BCUT2D eigenvalue weighted by atomic mass is 79.9. The first kappa shape index (κ1) is 13.7. The lowest BCUT2D eigenvalue weighted by Gasteiger charge is -2.18. The van der Waals surface area contributed by atoms with Crippen molar-refractivity contribution < 1.29 is 9.21 Å². The Morgan fingerprint density at radius 2 is 2.16 bits per heavy atom. The number of hydrogen-bond donors (Lipinski definition) is 1. The minimum absolute atomic E-state index is 0.112. The Morgan fingerprint density at radius 3 is 2.79 bits per heavy atom. The Hall–Kier alpha value is -1.75. The fourth-order valence-corrected chi connectivity index (χ4v) is 2.18. The topological polar surface area (TPSA) is 59.5 Å². The minimum atomic E-state index is -0.112. The molecule has 0 fully saturated rings. The summed E-state index contributed by atoms with van der Waals surface area (Å²) in [5.74, 6) is 0.710. The molecule has 5 heteroatoms. The van der Waals surface area contributed by atoms with E-state index in [0.29, 0.717) is 17.8 Å². The summed E-state index contributed by atoms with van der Waals surface area (Å²) in [7, 11) is 1.75. The number of rotatable bonds is 3. The van der Waals surface area contributed by atoms with Crippen LogP contribution in [0.4, 0.5) is 5.69 Å². The summed E-state index contributed by atoms with van der Waals surface area (Å²) in [5.41, 5.74) is 7.81. The standard InChI is InChI=1S/C14H15BrN2O2/c1-9-10(5-6-19-9)8-17(2)14(18)12-7-11(15)3-4-13(12)16/h3-7H,8,16H2,1-2H3. The van der Waals surface area contributed by atoms with Gasteiger partial charge in [-0.3, -0.25) is 4.79 Å². The van der Waals surface area contributed by atoms with Crippen molar-refractivity contribution in [2.45, 2.75) is 13.5 Å². The number of furan rings is 1. The molecule has 0 aliphatic carbocycles.